The highest BCUT2D eigenvalue weighted by molar-refractivity contribution is 7.99. The second kappa shape index (κ2) is 9.73. The first kappa shape index (κ1) is 16.2. The van der Waals surface area contributed by atoms with Crippen LogP contribution >= 0.6 is 11.8 Å². The molecule has 0 spiro atoms. The van der Waals surface area contributed by atoms with E-state index < -0.39 is 0 Å². The zero-order valence-electron chi connectivity index (χ0n) is 12.6. The van der Waals surface area contributed by atoms with Crippen LogP contribution in [0.25, 0.3) is 0 Å². The van der Waals surface area contributed by atoms with E-state index in [1.165, 1.54) is 4.90 Å². The molecule has 0 aliphatic carbocycles. The molecule has 0 unspecified atom stereocenters. The van der Waals surface area contributed by atoms with Crippen molar-refractivity contribution in [1.82, 2.24) is 4.90 Å². The van der Waals surface area contributed by atoms with Crippen LogP contribution in [0, 0.1) is 11.8 Å². The van der Waals surface area contributed by atoms with Gasteiger partial charge in [-0.25, -0.2) is 0 Å². The van der Waals surface area contributed by atoms with Gasteiger partial charge in [0.05, 0.1) is 32.1 Å². The maximum Gasteiger partial charge on any atom is 0.119 e. The molecule has 0 aromatic heterocycles. The molecule has 0 N–H and O–H groups in total. The van der Waals surface area contributed by atoms with Crippen molar-refractivity contribution in [3.05, 3.63) is 24.3 Å². The van der Waals surface area contributed by atoms with Crippen LogP contribution in [-0.4, -0.2) is 50.1 Å². The molecule has 114 valence electrons. The average molecular weight is 305 g/mol. The molecule has 2 rings (SSSR count). The SMILES string of the molecule is CCCOc1ccc(SCC#CCN2CCOCC2)cc1. The lowest BCUT2D eigenvalue weighted by atomic mass is 10.3. The smallest absolute Gasteiger partial charge is 0.119 e. The molecule has 1 heterocycles. The highest BCUT2D eigenvalue weighted by atomic mass is 32.2. The van der Waals surface area contributed by atoms with Crippen LogP contribution in [0.2, 0.25) is 0 Å². The van der Waals surface area contributed by atoms with E-state index in [0.717, 1.165) is 57.4 Å². The van der Waals surface area contributed by atoms with Crippen molar-refractivity contribution in [2.45, 2.75) is 18.2 Å². The van der Waals surface area contributed by atoms with Crippen molar-refractivity contribution in [2.75, 3.05) is 45.2 Å². The Morgan fingerprint density at radius 3 is 2.67 bits per heavy atom. The number of hydrogen-bond donors (Lipinski definition) is 0. The van der Waals surface area contributed by atoms with Gasteiger partial charge in [0.1, 0.15) is 5.75 Å². The van der Waals surface area contributed by atoms with E-state index in [1.54, 1.807) is 11.8 Å². The largest absolute Gasteiger partial charge is 0.494 e. The van der Waals surface area contributed by atoms with Gasteiger partial charge < -0.3 is 9.47 Å². The molecule has 4 heteroatoms. The van der Waals surface area contributed by atoms with Crippen molar-refractivity contribution < 1.29 is 9.47 Å². The van der Waals surface area contributed by atoms with Gasteiger partial charge in [0.2, 0.25) is 0 Å². The third-order valence-electron chi connectivity index (χ3n) is 3.14. The maximum atomic E-state index is 5.57. The number of nitrogens with zero attached hydrogens (tertiary/aromatic N) is 1. The van der Waals surface area contributed by atoms with E-state index in [4.69, 9.17) is 9.47 Å². The Labute approximate surface area is 132 Å². The molecule has 1 aliphatic rings. The first-order valence-corrected chi connectivity index (χ1v) is 8.48. The van der Waals surface area contributed by atoms with Gasteiger partial charge in [0, 0.05) is 18.0 Å². The number of ether oxygens (including phenoxy) is 2. The molecule has 0 bridgehead atoms. The predicted octanol–water partition coefficient (Wildman–Crippen LogP) is 2.90. The summed E-state index contributed by atoms with van der Waals surface area (Å²) in [7, 11) is 0. The number of rotatable bonds is 6. The molecule has 21 heavy (non-hydrogen) atoms. The topological polar surface area (TPSA) is 21.7 Å². The van der Waals surface area contributed by atoms with E-state index in [2.05, 4.69) is 35.8 Å². The summed E-state index contributed by atoms with van der Waals surface area (Å²) in [5.41, 5.74) is 0. The minimum Gasteiger partial charge on any atom is -0.494 e. The van der Waals surface area contributed by atoms with Gasteiger partial charge in [-0.05, 0) is 30.7 Å². The molecule has 1 fully saturated rings. The van der Waals surface area contributed by atoms with Crippen molar-refractivity contribution in [3.8, 4) is 17.6 Å². The van der Waals surface area contributed by atoms with Crippen molar-refractivity contribution in [2.24, 2.45) is 0 Å². The van der Waals surface area contributed by atoms with E-state index in [0.29, 0.717) is 0 Å². The summed E-state index contributed by atoms with van der Waals surface area (Å²) in [5, 5.41) is 0. The molecule has 1 aliphatic heterocycles. The molecule has 0 amide bonds. The monoisotopic (exact) mass is 305 g/mol. The summed E-state index contributed by atoms with van der Waals surface area (Å²) in [6.45, 7) is 7.42. The van der Waals surface area contributed by atoms with Crippen LogP contribution in [0.5, 0.6) is 5.75 Å². The van der Waals surface area contributed by atoms with Gasteiger partial charge in [-0.15, -0.1) is 11.8 Å². The van der Waals surface area contributed by atoms with Crippen LogP contribution in [0.1, 0.15) is 13.3 Å². The highest BCUT2D eigenvalue weighted by Crippen LogP contribution is 2.21. The maximum absolute atomic E-state index is 5.57. The fourth-order valence-corrected chi connectivity index (χ4v) is 2.62. The van der Waals surface area contributed by atoms with Crippen LogP contribution in [0.4, 0.5) is 0 Å². The van der Waals surface area contributed by atoms with Crippen LogP contribution in [0.3, 0.4) is 0 Å². The van der Waals surface area contributed by atoms with Gasteiger partial charge in [-0.3, -0.25) is 4.90 Å². The van der Waals surface area contributed by atoms with E-state index in [1.807, 2.05) is 12.1 Å². The van der Waals surface area contributed by atoms with Gasteiger partial charge in [0.25, 0.3) is 0 Å². The third kappa shape index (κ3) is 6.43. The molecule has 1 aromatic rings. The van der Waals surface area contributed by atoms with Crippen molar-refractivity contribution >= 4 is 11.8 Å². The number of morpholine rings is 1. The van der Waals surface area contributed by atoms with Crippen LogP contribution < -0.4 is 4.74 Å². The lowest BCUT2D eigenvalue weighted by Gasteiger charge is -2.24. The summed E-state index contributed by atoms with van der Waals surface area (Å²) in [6, 6.07) is 8.25. The molecule has 3 nitrogen and oxygen atoms in total. The average Bonchev–Trinajstić information content (AvgIpc) is 2.55. The van der Waals surface area contributed by atoms with Crippen molar-refractivity contribution in [1.29, 1.82) is 0 Å². The lowest BCUT2D eigenvalue weighted by Crippen LogP contribution is -2.36. The van der Waals surface area contributed by atoms with E-state index in [-0.39, 0.29) is 0 Å². The fraction of sp³-hybridized carbons (Fsp3) is 0.529. The van der Waals surface area contributed by atoms with Crippen LogP contribution in [0.15, 0.2) is 29.2 Å². The Balaban J connectivity index is 1.66. The Hall–Kier alpha value is -1.15. The zero-order valence-corrected chi connectivity index (χ0v) is 13.5. The number of thioether (sulfide) groups is 1. The Bertz CT molecular complexity index is 458. The van der Waals surface area contributed by atoms with Crippen LogP contribution in [-0.2, 0) is 4.74 Å². The van der Waals surface area contributed by atoms with Gasteiger partial charge in [-0.1, -0.05) is 18.8 Å². The molecule has 0 atom stereocenters. The second-order valence-corrected chi connectivity index (χ2v) is 5.90. The van der Waals surface area contributed by atoms with E-state index in [9.17, 15) is 0 Å². The summed E-state index contributed by atoms with van der Waals surface area (Å²) in [4.78, 5) is 3.57. The third-order valence-corrected chi connectivity index (χ3v) is 4.03. The predicted molar refractivity (Wildman–Crippen MR) is 88.0 cm³/mol. The first-order chi connectivity index (χ1) is 10.4. The molecule has 0 saturated carbocycles. The molecule has 1 aromatic carbocycles. The summed E-state index contributed by atoms with van der Waals surface area (Å²) < 4.78 is 10.9. The molecule has 0 radical (unpaired) electrons. The molecule has 1 saturated heterocycles. The summed E-state index contributed by atoms with van der Waals surface area (Å²) in [6.07, 6.45) is 1.04. The molecular weight excluding hydrogens is 282 g/mol. The molecular formula is C17H23NO2S. The Morgan fingerprint density at radius 2 is 1.95 bits per heavy atom. The number of benzene rings is 1. The standard InChI is InChI=1S/C17H23NO2S/c1-2-12-20-16-5-7-17(8-6-16)21-15-4-3-9-18-10-13-19-14-11-18/h5-8H,2,9-15H2,1H3. The quantitative estimate of drug-likeness (QED) is 0.595. The van der Waals surface area contributed by atoms with Crippen molar-refractivity contribution in [3.63, 3.8) is 0 Å². The van der Waals surface area contributed by atoms with Gasteiger partial charge in [-0.2, -0.15) is 0 Å². The van der Waals surface area contributed by atoms with Gasteiger partial charge >= 0.3 is 0 Å². The minimum absolute atomic E-state index is 0.777. The summed E-state index contributed by atoms with van der Waals surface area (Å²) in [5.74, 6) is 8.25. The Kier molecular flexibility index (Phi) is 7.51. The van der Waals surface area contributed by atoms with Gasteiger partial charge in [0.15, 0.2) is 0 Å². The highest BCUT2D eigenvalue weighted by Gasteiger charge is 2.07. The second-order valence-electron chi connectivity index (χ2n) is 4.85. The Morgan fingerprint density at radius 1 is 1.19 bits per heavy atom. The number of hydrogen-bond acceptors (Lipinski definition) is 4. The minimum atomic E-state index is 0.777. The zero-order chi connectivity index (χ0) is 14.8. The summed E-state index contributed by atoms with van der Waals surface area (Å²) >= 11 is 1.77. The van der Waals surface area contributed by atoms with E-state index >= 15 is 0 Å². The lowest BCUT2D eigenvalue weighted by molar-refractivity contribution is 0.0443. The fourth-order valence-electron chi connectivity index (χ4n) is 1.95. The first-order valence-electron chi connectivity index (χ1n) is 7.50. The normalized spacial score (nSPS) is 15.3.